The maximum Gasteiger partial charge on any atom is 0.336 e. The first-order valence-electron chi connectivity index (χ1n) is 10.5. The van der Waals surface area contributed by atoms with Gasteiger partial charge in [0.15, 0.2) is 0 Å². The summed E-state index contributed by atoms with van der Waals surface area (Å²) in [7, 11) is 1.49. The maximum absolute atomic E-state index is 13.1. The van der Waals surface area contributed by atoms with Crippen LogP contribution in [0.4, 0.5) is 5.69 Å². The van der Waals surface area contributed by atoms with Crippen LogP contribution in [0.3, 0.4) is 0 Å². The van der Waals surface area contributed by atoms with Gasteiger partial charge in [-0.25, -0.2) is 4.79 Å². The first-order valence-corrected chi connectivity index (χ1v) is 11.6. The van der Waals surface area contributed by atoms with E-state index >= 15 is 0 Å². The second kappa shape index (κ2) is 13.1. The van der Waals surface area contributed by atoms with E-state index < -0.39 is 28.7 Å². The standard InChI is InChI=1S/C22H29N3O7S/c1-4-31-22(27)20-17(13-33-11-8-23)24-14(2)18(21(26)32-10-9-30-3)19(20)15-6-5-7-16(12-15)25(28)29/h5-7,12,18-19H,4,8-11,13,23H2,1-3H3. The number of aliphatic imine (C=N–C) groups is 1. The summed E-state index contributed by atoms with van der Waals surface area (Å²) in [6, 6.07) is 5.89. The molecule has 33 heavy (non-hydrogen) atoms. The zero-order valence-electron chi connectivity index (χ0n) is 18.9. The first kappa shape index (κ1) is 26.5. The molecule has 180 valence electrons. The van der Waals surface area contributed by atoms with Crippen molar-refractivity contribution in [3.05, 3.63) is 51.2 Å². The summed E-state index contributed by atoms with van der Waals surface area (Å²) in [6.45, 7) is 4.17. The number of thioether (sulfide) groups is 1. The third kappa shape index (κ3) is 6.86. The molecule has 1 aromatic carbocycles. The van der Waals surface area contributed by atoms with Gasteiger partial charge < -0.3 is 19.9 Å². The number of benzene rings is 1. The number of carbonyl (C=O) groups is 2. The van der Waals surface area contributed by atoms with Gasteiger partial charge in [-0.05, 0) is 19.4 Å². The summed E-state index contributed by atoms with van der Waals surface area (Å²) >= 11 is 1.49. The topological polar surface area (TPSA) is 143 Å². The molecule has 2 atom stereocenters. The van der Waals surface area contributed by atoms with Crippen LogP contribution in [-0.2, 0) is 23.8 Å². The van der Waals surface area contributed by atoms with Gasteiger partial charge in [0.25, 0.3) is 5.69 Å². The number of methoxy groups -OCH3 is 1. The van der Waals surface area contributed by atoms with Crippen molar-refractivity contribution in [1.29, 1.82) is 0 Å². The third-order valence-electron chi connectivity index (χ3n) is 4.94. The number of hydrogen-bond donors (Lipinski definition) is 1. The zero-order chi connectivity index (χ0) is 24.4. The molecule has 1 aliphatic rings. The molecule has 0 saturated heterocycles. The van der Waals surface area contributed by atoms with E-state index in [0.717, 1.165) is 0 Å². The SMILES string of the molecule is CCOC(=O)C1=C(CSCCN)N=C(C)C(C(=O)OCCOC)C1c1cccc([N+](=O)[O-])c1. The predicted octanol–water partition coefficient (Wildman–Crippen LogP) is 2.47. The first-order chi connectivity index (χ1) is 15.8. The minimum Gasteiger partial charge on any atom is -0.463 e. The number of ether oxygens (including phenoxy) is 3. The molecule has 0 bridgehead atoms. The number of non-ortho nitro benzene ring substituents is 1. The van der Waals surface area contributed by atoms with Crippen LogP contribution in [0, 0.1) is 16.0 Å². The van der Waals surface area contributed by atoms with Crippen molar-refractivity contribution in [3.63, 3.8) is 0 Å². The Labute approximate surface area is 196 Å². The lowest BCUT2D eigenvalue weighted by Crippen LogP contribution is -2.37. The highest BCUT2D eigenvalue weighted by atomic mass is 32.2. The van der Waals surface area contributed by atoms with Crippen LogP contribution >= 0.6 is 11.8 Å². The zero-order valence-corrected chi connectivity index (χ0v) is 19.8. The van der Waals surface area contributed by atoms with Gasteiger partial charge in [0, 0.05) is 48.9 Å². The molecular formula is C22H29N3O7S. The number of esters is 2. The molecule has 1 heterocycles. The van der Waals surface area contributed by atoms with Gasteiger partial charge >= 0.3 is 11.9 Å². The Hall–Kier alpha value is -2.76. The lowest BCUT2D eigenvalue weighted by Gasteiger charge is -2.32. The Balaban J connectivity index is 2.64. The van der Waals surface area contributed by atoms with Gasteiger partial charge in [-0.15, -0.1) is 0 Å². The van der Waals surface area contributed by atoms with Crippen molar-refractivity contribution >= 4 is 35.1 Å². The van der Waals surface area contributed by atoms with Gasteiger partial charge in [0.1, 0.15) is 12.5 Å². The fourth-order valence-electron chi connectivity index (χ4n) is 3.56. The van der Waals surface area contributed by atoms with E-state index in [1.807, 2.05) is 0 Å². The number of nitro benzene ring substituents is 1. The Morgan fingerprint density at radius 1 is 1.27 bits per heavy atom. The minimum atomic E-state index is -0.952. The monoisotopic (exact) mass is 479 g/mol. The van der Waals surface area contributed by atoms with Crippen LogP contribution in [0.25, 0.3) is 0 Å². The van der Waals surface area contributed by atoms with E-state index in [0.29, 0.717) is 35.0 Å². The smallest absolute Gasteiger partial charge is 0.336 e. The molecule has 1 aromatic rings. The Morgan fingerprint density at radius 2 is 2.03 bits per heavy atom. The molecular weight excluding hydrogens is 450 g/mol. The van der Waals surface area contributed by atoms with Crippen molar-refractivity contribution < 1.29 is 28.7 Å². The van der Waals surface area contributed by atoms with E-state index in [4.69, 9.17) is 19.9 Å². The van der Waals surface area contributed by atoms with Crippen molar-refractivity contribution in [3.8, 4) is 0 Å². The Kier molecular flexibility index (Phi) is 10.5. The number of hydrogen-bond acceptors (Lipinski definition) is 10. The number of nitrogens with zero attached hydrogens (tertiary/aromatic N) is 2. The molecule has 0 saturated carbocycles. The molecule has 0 aliphatic carbocycles. The fourth-order valence-corrected chi connectivity index (χ4v) is 4.28. The molecule has 0 amide bonds. The second-order valence-corrected chi connectivity index (χ2v) is 8.25. The highest BCUT2D eigenvalue weighted by Crippen LogP contribution is 2.41. The van der Waals surface area contributed by atoms with E-state index in [9.17, 15) is 19.7 Å². The van der Waals surface area contributed by atoms with Gasteiger partial charge in [-0.1, -0.05) is 12.1 Å². The van der Waals surface area contributed by atoms with Gasteiger partial charge in [0.05, 0.1) is 29.4 Å². The lowest BCUT2D eigenvalue weighted by molar-refractivity contribution is -0.384. The van der Waals surface area contributed by atoms with Crippen molar-refractivity contribution in [2.45, 2.75) is 19.8 Å². The summed E-state index contributed by atoms with van der Waals surface area (Å²) in [4.78, 5) is 41.6. The Bertz CT molecular complexity index is 932. The average Bonchev–Trinajstić information content (AvgIpc) is 2.79. The fraction of sp³-hybridized carbons (Fsp3) is 0.500. The maximum atomic E-state index is 13.1. The van der Waals surface area contributed by atoms with Crippen LogP contribution in [-0.4, -0.2) is 67.6 Å². The number of carbonyl (C=O) groups excluding carboxylic acids is 2. The highest BCUT2D eigenvalue weighted by molar-refractivity contribution is 7.99. The second-order valence-electron chi connectivity index (χ2n) is 7.14. The van der Waals surface area contributed by atoms with Gasteiger partial charge in [0.2, 0.25) is 0 Å². The molecule has 2 unspecified atom stereocenters. The van der Waals surface area contributed by atoms with E-state index in [1.165, 1.54) is 37.1 Å². The van der Waals surface area contributed by atoms with Crippen molar-refractivity contribution in [1.82, 2.24) is 0 Å². The normalized spacial score (nSPS) is 18.0. The van der Waals surface area contributed by atoms with Crippen molar-refractivity contribution in [2.75, 3.05) is 45.0 Å². The Morgan fingerprint density at radius 3 is 2.67 bits per heavy atom. The molecule has 11 heteroatoms. The highest BCUT2D eigenvalue weighted by Gasteiger charge is 2.43. The quantitative estimate of drug-likeness (QED) is 0.207. The summed E-state index contributed by atoms with van der Waals surface area (Å²) < 4.78 is 15.6. The molecule has 10 nitrogen and oxygen atoms in total. The number of rotatable bonds is 12. The summed E-state index contributed by atoms with van der Waals surface area (Å²) in [5, 5.41) is 11.4. The molecule has 0 spiro atoms. The van der Waals surface area contributed by atoms with Crippen molar-refractivity contribution in [2.24, 2.45) is 16.6 Å². The number of nitrogens with two attached hydrogens (primary N) is 1. The van der Waals surface area contributed by atoms with Crippen LogP contribution in [0.1, 0.15) is 25.3 Å². The van der Waals surface area contributed by atoms with E-state index in [1.54, 1.807) is 19.9 Å². The summed E-state index contributed by atoms with van der Waals surface area (Å²) in [6.07, 6.45) is 0. The molecule has 0 aromatic heterocycles. The van der Waals surface area contributed by atoms with Crippen LogP contribution in [0.5, 0.6) is 0 Å². The largest absolute Gasteiger partial charge is 0.463 e. The molecule has 1 aliphatic heterocycles. The summed E-state index contributed by atoms with van der Waals surface area (Å²) in [5.74, 6) is -2.00. The molecule has 0 radical (unpaired) electrons. The lowest BCUT2D eigenvalue weighted by atomic mass is 9.75. The number of nitro groups is 1. The third-order valence-corrected chi connectivity index (χ3v) is 5.94. The molecule has 2 rings (SSSR count). The van der Waals surface area contributed by atoms with Crippen LogP contribution in [0.2, 0.25) is 0 Å². The molecule has 2 N–H and O–H groups in total. The van der Waals surface area contributed by atoms with Crippen LogP contribution in [0.15, 0.2) is 40.5 Å². The predicted molar refractivity (Wildman–Crippen MR) is 125 cm³/mol. The van der Waals surface area contributed by atoms with E-state index in [2.05, 4.69) is 4.99 Å². The molecule has 0 fully saturated rings. The average molecular weight is 480 g/mol. The van der Waals surface area contributed by atoms with Crippen LogP contribution < -0.4 is 5.73 Å². The summed E-state index contributed by atoms with van der Waals surface area (Å²) in [5.41, 5.74) is 6.98. The van der Waals surface area contributed by atoms with Gasteiger partial charge in [-0.3, -0.25) is 19.9 Å². The minimum absolute atomic E-state index is 0.0262. The van der Waals surface area contributed by atoms with Gasteiger partial charge in [-0.2, -0.15) is 11.8 Å². The van der Waals surface area contributed by atoms with E-state index in [-0.39, 0.29) is 31.1 Å².